The molecule has 5 nitrogen and oxygen atoms in total. The zero-order valence-electron chi connectivity index (χ0n) is 15.0. The van der Waals surface area contributed by atoms with E-state index in [0.717, 1.165) is 29.5 Å². The van der Waals surface area contributed by atoms with Crippen LogP contribution in [0.5, 0.6) is 0 Å². The Kier molecular flexibility index (Phi) is 3.96. The van der Waals surface area contributed by atoms with Gasteiger partial charge in [-0.15, -0.1) is 0 Å². The molecule has 3 fully saturated rings. The number of para-hydroxylation sites is 1. The van der Waals surface area contributed by atoms with Crippen LogP contribution < -0.4 is 4.90 Å². The van der Waals surface area contributed by atoms with E-state index in [9.17, 15) is 9.59 Å². The Hall–Kier alpha value is -2.02. The van der Waals surface area contributed by atoms with Crippen LogP contribution in [0.15, 0.2) is 53.0 Å². The number of carbonyl (C=O) groups is 2. The molecule has 2 aromatic rings. The number of anilines is 1. The topological polar surface area (TPSA) is 43.9 Å². The first-order valence-electron chi connectivity index (χ1n) is 9.30. The molecule has 0 radical (unpaired) electrons. The second-order valence-electron chi connectivity index (χ2n) is 7.47. The van der Waals surface area contributed by atoms with Gasteiger partial charge in [-0.25, -0.2) is 14.9 Å². The molecule has 3 heterocycles. The van der Waals surface area contributed by atoms with Gasteiger partial charge in [-0.05, 0) is 47.0 Å². The summed E-state index contributed by atoms with van der Waals surface area (Å²) in [6, 6.07) is 15.3. The molecule has 5 rings (SSSR count). The lowest BCUT2D eigenvalue weighted by molar-refractivity contribution is -0.126. The Balaban J connectivity index is 1.60. The van der Waals surface area contributed by atoms with Crippen molar-refractivity contribution in [2.75, 3.05) is 18.0 Å². The lowest BCUT2D eigenvalue weighted by atomic mass is 9.89. The number of halogens is 1. The molecule has 3 unspecified atom stereocenters. The maximum absolute atomic E-state index is 13.5. The van der Waals surface area contributed by atoms with Gasteiger partial charge in [0, 0.05) is 17.6 Å². The standard InChI is InChI=1S/C21H20BrN3O2/c1-13-7-9-14(10-8-13)18-17-19(24-12-4-11-23(18)24)21(27)25(20(17)26)16-6-3-2-5-15(16)22/h2-3,5-10,17-19H,4,11-12H2,1H3. The smallest absolute Gasteiger partial charge is 0.253 e. The van der Waals surface area contributed by atoms with Gasteiger partial charge < -0.3 is 0 Å². The Morgan fingerprint density at radius 2 is 1.56 bits per heavy atom. The number of fused-ring (bicyclic) bond motifs is 3. The summed E-state index contributed by atoms with van der Waals surface area (Å²) in [4.78, 5) is 28.2. The summed E-state index contributed by atoms with van der Waals surface area (Å²) < 4.78 is 0.761. The van der Waals surface area contributed by atoms with Gasteiger partial charge in [-0.2, -0.15) is 0 Å². The second kappa shape index (κ2) is 6.26. The van der Waals surface area contributed by atoms with Crippen molar-refractivity contribution in [2.45, 2.75) is 25.4 Å². The van der Waals surface area contributed by atoms with Crippen LogP contribution in [-0.4, -0.2) is 41.0 Å². The van der Waals surface area contributed by atoms with E-state index in [1.165, 1.54) is 10.5 Å². The van der Waals surface area contributed by atoms with Crippen molar-refractivity contribution in [3.63, 3.8) is 0 Å². The Morgan fingerprint density at radius 1 is 0.889 bits per heavy atom. The summed E-state index contributed by atoms with van der Waals surface area (Å²) in [5.74, 6) is -0.581. The number of aryl methyl sites for hydroxylation is 1. The highest BCUT2D eigenvalue weighted by Gasteiger charge is 2.62. The number of imide groups is 1. The van der Waals surface area contributed by atoms with Crippen LogP contribution in [0.2, 0.25) is 0 Å². The number of hydrazine groups is 1. The number of amides is 2. The molecule has 138 valence electrons. The SMILES string of the molecule is Cc1ccc(C2C3C(=O)N(c4ccccc4Br)C(=O)C3N3CCCN23)cc1. The third kappa shape index (κ3) is 2.43. The largest absolute Gasteiger partial charge is 0.274 e. The summed E-state index contributed by atoms with van der Waals surface area (Å²) in [7, 11) is 0. The maximum atomic E-state index is 13.5. The summed E-state index contributed by atoms with van der Waals surface area (Å²) in [5.41, 5.74) is 2.93. The molecule has 0 aliphatic carbocycles. The first kappa shape index (κ1) is 17.1. The third-order valence-corrected chi connectivity index (χ3v) is 6.59. The normalized spacial score (nSPS) is 28.1. The molecular weight excluding hydrogens is 406 g/mol. The van der Waals surface area contributed by atoms with Crippen LogP contribution in [0.25, 0.3) is 0 Å². The molecule has 6 heteroatoms. The van der Waals surface area contributed by atoms with E-state index in [0.29, 0.717) is 5.69 Å². The monoisotopic (exact) mass is 425 g/mol. The number of nitrogens with zero attached hydrogens (tertiary/aromatic N) is 3. The number of carbonyl (C=O) groups excluding carboxylic acids is 2. The third-order valence-electron chi connectivity index (χ3n) is 5.92. The molecule has 0 bridgehead atoms. The summed E-state index contributed by atoms with van der Waals surface area (Å²) in [6.07, 6.45) is 1.02. The number of hydrogen-bond acceptors (Lipinski definition) is 4. The van der Waals surface area contributed by atoms with Crippen LogP contribution >= 0.6 is 15.9 Å². The maximum Gasteiger partial charge on any atom is 0.253 e. The van der Waals surface area contributed by atoms with Crippen molar-refractivity contribution in [3.8, 4) is 0 Å². The minimum Gasteiger partial charge on any atom is -0.274 e. The van der Waals surface area contributed by atoms with Gasteiger partial charge >= 0.3 is 0 Å². The van der Waals surface area contributed by atoms with Crippen molar-refractivity contribution < 1.29 is 9.59 Å². The minimum atomic E-state index is -0.404. The van der Waals surface area contributed by atoms with Crippen LogP contribution in [-0.2, 0) is 9.59 Å². The van der Waals surface area contributed by atoms with Gasteiger partial charge in [0.15, 0.2) is 0 Å². The number of rotatable bonds is 2. The van der Waals surface area contributed by atoms with Crippen LogP contribution in [0.4, 0.5) is 5.69 Å². The van der Waals surface area contributed by atoms with E-state index in [-0.39, 0.29) is 23.8 Å². The molecule has 3 aliphatic heterocycles. The van der Waals surface area contributed by atoms with Gasteiger partial charge in [0.1, 0.15) is 6.04 Å². The average molecular weight is 426 g/mol. The lowest BCUT2D eigenvalue weighted by Gasteiger charge is -2.30. The average Bonchev–Trinajstić information content (AvgIpc) is 3.30. The fraction of sp³-hybridized carbons (Fsp3) is 0.333. The van der Waals surface area contributed by atoms with Crippen molar-refractivity contribution in [2.24, 2.45) is 5.92 Å². The predicted molar refractivity (Wildman–Crippen MR) is 106 cm³/mol. The highest BCUT2D eigenvalue weighted by Crippen LogP contribution is 2.49. The van der Waals surface area contributed by atoms with Crippen molar-refractivity contribution >= 4 is 33.4 Å². The molecule has 0 saturated carbocycles. The Morgan fingerprint density at radius 3 is 2.26 bits per heavy atom. The molecule has 2 aromatic carbocycles. The number of benzene rings is 2. The van der Waals surface area contributed by atoms with E-state index in [4.69, 9.17) is 0 Å². The van der Waals surface area contributed by atoms with Gasteiger partial charge in [0.05, 0.1) is 17.6 Å². The van der Waals surface area contributed by atoms with Crippen LogP contribution in [0.3, 0.4) is 0 Å². The number of hydrogen-bond donors (Lipinski definition) is 0. The highest BCUT2D eigenvalue weighted by atomic mass is 79.9. The first-order valence-corrected chi connectivity index (χ1v) is 10.1. The molecule has 3 atom stereocenters. The molecule has 2 amide bonds. The fourth-order valence-electron chi connectivity index (χ4n) is 4.75. The predicted octanol–water partition coefficient (Wildman–Crippen LogP) is 3.29. The Labute approximate surface area is 166 Å². The molecule has 0 spiro atoms. The minimum absolute atomic E-state index is 0.0814. The van der Waals surface area contributed by atoms with Gasteiger partial charge in [-0.1, -0.05) is 42.0 Å². The molecule has 3 saturated heterocycles. The summed E-state index contributed by atoms with van der Waals surface area (Å²) in [5, 5.41) is 4.37. The van der Waals surface area contributed by atoms with E-state index in [1.54, 1.807) is 0 Å². The molecular formula is C21H20BrN3O2. The Bertz CT molecular complexity index is 929. The second-order valence-corrected chi connectivity index (χ2v) is 8.32. The zero-order valence-corrected chi connectivity index (χ0v) is 16.6. The first-order chi connectivity index (χ1) is 13.1. The summed E-state index contributed by atoms with van der Waals surface area (Å²) in [6.45, 7) is 3.77. The van der Waals surface area contributed by atoms with Gasteiger partial charge in [-0.3, -0.25) is 9.59 Å². The van der Waals surface area contributed by atoms with Crippen molar-refractivity contribution in [1.29, 1.82) is 0 Å². The lowest BCUT2D eigenvalue weighted by Crippen LogP contribution is -2.44. The zero-order chi connectivity index (χ0) is 18.7. The van der Waals surface area contributed by atoms with E-state index < -0.39 is 6.04 Å². The van der Waals surface area contributed by atoms with E-state index >= 15 is 0 Å². The molecule has 3 aliphatic rings. The van der Waals surface area contributed by atoms with Crippen molar-refractivity contribution in [3.05, 3.63) is 64.1 Å². The molecule has 27 heavy (non-hydrogen) atoms. The van der Waals surface area contributed by atoms with Crippen LogP contribution in [0, 0.1) is 12.8 Å². The van der Waals surface area contributed by atoms with Crippen LogP contribution in [0.1, 0.15) is 23.6 Å². The molecule has 0 aromatic heterocycles. The molecule has 0 N–H and O–H groups in total. The van der Waals surface area contributed by atoms with E-state index in [2.05, 4.69) is 57.1 Å². The fourth-order valence-corrected chi connectivity index (χ4v) is 5.21. The summed E-state index contributed by atoms with van der Waals surface area (Å²) >= 11 is 3.50. The van der Waals surface area contributed by atoms with E-state index in [1.807, 2.05) is 24.3 Å². The quantitative estimate of drug-likeness (QED) is 0.692. The van der Waals surface area contributed by atoms with Gasteiger partial charge in [0.2, 0.25) is 5.91 Å². The highest BCUT2D eigenvalue weighted by molar-refractivity contribution is 9.10. The van der Waals surface area contributed by atoms with Gasteiger partial charge in [0.25, 0.3) is 5.91 Å². The van der Waals surface area contributed by atoms with Crippen molar-refractivity contribution in [1.82, 2.24) is 10.0 Å².